The highest BCUT2D eigenvalue weighted by Gasteiger charge is 2.10. The molecule has 0 radical (unpaired) electrons. The van der Waals surface area contributed by atoms with Crippen molar-refractivity contribution >= 4 is 5.91 Å². The number of nitrogens with one attached hydrogen (secondary N) is 1. The summed E-state index contributed by atoms with van der Waals surface area (Å²) >= 11 is 0. The summed E-state index contributed by atoms with van der Waals surface area (Å²) in [5.74, 6) is -0.916. The zero-order valence-corrected chi connectivity index (χ0v) is 10.2. The highest BCUT2D eigenvalue weighted by molar-refractivity contribution is 5.94. The van der Waals surface area contributed by atoms with Gasteiger partial charge in [0.2, 0.25) is 0 Å². The van der Waals surface area contributed by atoms with Crippen molar-refractivity contribution in [2.75, 3.05) is 6.54 Å². The second-order valence-corrected chi connectivity index (χ2v) is 4.23. The lowest BCUT2D eigenvalue weighted by Crippen LogP contribution is -2.26. The van der Waals surface area contributed by atoms with Crippen molar-refractivity contribution in [2.24, 2.45) is 0 Å². The maximum absolute atomic E-state index is 13.4. The Morgan fingerprint density at radius 1 is 1.53 bits per heavy atom. The van der Waals surface area contributed by atoms with Crippen molar-refractivity contribution in [3.63, 3.8) is 0 Å². The molecule has 0 aliphatic rings. The largest absolute Gasteiger partial charge is 0.393 e. The van der Waals surface area contributed by atoms with Gasteiger partial charge in [-0.1, -0.05) is 11.6 Å². The van der Waals surface area contributed by atoms with Crippen molar-refractivity contribution < 1.29 is 14.3 Å². The van der Waals surface area contributed by atoms with Crippen LogP contribution >= 0.6 is 0 Å². The summed E-state index contributed by atoms with van der Waals surface area (Å²) in [6.07, 6.45) is 0.926. The van der Waals surface area contributed by atoms with Crippen molar-refractivity contribution in [1.29, 1.82) is 0 Å². The zero-order chi connectivity index (χ0) is 12.8. The zero-order valence-electron chi connectivity index (χ0n) is 10.2. The molecule has 1 aromatic carbocycles. The summed E-state index contributed by atoms with van der Waals surface area (Å²) < 4.78 is 13.4. The quantitative estimate of drug-likeness (QED) is 0.772. The van der Waals surface area contributed by atoms with Crippen molar-refractivity contribution in [3.05, 3.63) is 35.1 Å². The van der Waals surface area contributed by atoms with Crippen LogP contribution in [-0.4, -0.2) is 23.7 Å². The first-order valence-corrected chi connectivity index (χ1v) is 5.73. The second-order valence-electron chi connectivity index (χ2n) is 4.23. The highest BCUT2D eigenvalue weighted by atomic mass is 19.1. The van der Waals surface area contributed by atoms with Gasteiger partial charge in [-0.3, -0.25) is 4.79 Å². The van der Waals surface area contributed by atoms with E-state index in [-0.39, 0.29) is 11.7 Å². The maximum atomic E-state index is 13.4. The van der Waals surface area contributed by atoms with E-state index >= 15 is 0 Å². The number of aryl methyl sites for hydroxylation is 1. The van der Waals surface area contributed by atoms with E-state index in [0.717, 1.165) is 5.56 Å². The summed E-state index contributed by atoms with van der Waals surface area (Å²) in [6, 6.07) is 4.44. The average molecular weight is 239 g/mol. The SMILES string of the molecule is Cc1ccc(F)c(C(=O)NCCCC(C)O)c1. The molecule has 3 nitrogen and oxygen atoms in total. The van der Waals surface area contributed by atoms with E-state index in [0.29, 0.717) is 19.4 Å². The molecule has 0 aliphatic carbocycles. The Labute approximate surface area is 101 Å². The molecule has 0 fully saturated rings. The Balaban J connectivity index is 2.49. The van der Waals surface area contributed by atoms with E-state index in [1.807, 2.05) is 6.92 Å². The number of hydrogen-bond acceptors (Lipinski definition) is 2. The number of benzene rings is 1. The predicted molar refractivity (Wildman–Crippen MR) is 64.4 cm³/mol. The van der Waals surface area contributed by atoms with E-state index in [4.69, 9.17) is 5.11 Å². The smallest absolute Gasteiger partial charge is 0.254 e. The van der Waals surface area contributed by atoms with Crippen LogP contribution in [0.4, 0.5) is 4.39 Å². The third kappa shape index (κ3) is 4.53. The lowest BCUT2D eigenvalue weighted by molar-refractivity contribution is 0.0945. The Hall–Kier alpha value is -1.42. The lowest BCUT2D eigenvalue weighted by atomic mass is 10.1. The fourth-order valence-corrected chi connectivity index (χ4v) is 1.51. The van der Waals surface area contributed by atoms with E-state index in [1.165, 1.54) is 12.1 Å². The third-order valence-electron chi connectivity index (χ3n) is 2.45. The molecule has 0 saturated heterocycles. The summed E-state index contributed by atoms with van der Waals surface area (Å²) in [7, 11) is 0. The summed E-state index contributed by atoms with van der Waals surface area (Å²) in [5.41, 5.74) is 0.919. The van der Waals surface area contributed by atoms with Crippen LogP contribution in [-0.2, 0) is 0 Å². The van der Waals surface area contributed by atoms with Crippen molar-refractivity contribution in [2.45, 2.75) is 32.8 Å². The third-order valence-corrected chi connectivity index (χ3v) is 2.45. The Kier molecular flexibility index (Phi) is 5.10. The summed E-state index contributed by atoms with van der Waals surface area (Å²) in [6.45, 7) is 3.95. The number of amides is 1. The number of halogens is 1. The first-order chi connectivity index (χ1) is 8.00. The number of rotatable bonds is 5. The Morgan fingerprint density at radius 3 is 2.88 bits per heavy atom. The fraction of sp³-hybridized carbons (Fsp3) is 0.462. The molecule has 0 spiro atoms. The van der Waals surface area contributed by atoms with Crippen LogP contribution in [0.3, 0.4) is 0 Å². The van der Waals surface area contributed by atoms with Gasteiger partial charge in [-0.15, -0.1) is 0 Å². The number of carbonyl (C=O) groups excluding carboxylic acids is 1. The molecular formula is C13H18FNO2. The molecule has 4 heteroatoms. The van der Waals surface area contributed by atoms with Crippen LogP contribution in [0, 0.1) is 12.7 Å². The molecule has 17 heavy (non-hydrogen) atoms. The minimum absolute atomic E-state index is 0.0713. The first kappa shape index (κ1) is 13.6. The van der Waals surface area contributed by atoms with Gasteiger partial charge in [-0.05, 0) is 38.8 Å². The van der Waals surface area contributed by atoms with Crippen molar-refractivity contribution in [3.8, 4) is 0 Å². The van der Waals surface area contributed by atoms with E-state index in [9.17, 15) is 9.18 Å². The normalized spacial score (nSPS) is 12.2. The van der Waals surface area contributed by atoms with Crippen LogP contribution in [0.2, 0.25) is 0 Å². The van der Waals surface area contributed by atoms with Crippen LogP contribution < -0.4 is 5.32 Å². The van der Waals surface area contributed by atoms with E-state index < -0.39 is 11.7 Å². The van der Waals surface area contributed by atoms with Gasteiger partial charge in [0.1, 0.15) is 5.82 Å². The standard InChI is InChI=1S/C13H18FNO2/c1-9-5-6-12(14)11(8-9)13(17)15-7-3-4-10(2)16/h5-6,8,10,16H,3-4,7H2,1-2H3,(H,15,17). The van der Waals surface area contributed by atoms with Gasteiger partial charge in [0, 0.05) is 6.54 Å². The summed E-state index contributed by atoms with van der Waals surface area (Å²) in [5, 5.41) is 11.7. The first-order valence-electron chi connectivity index (χ1n) is 5.73. The Bertz CT molecular complexity index is 391. The molecule has 0 aromatic heterocycles. The van der Waals surface area contributed by atoms with Crippen LogP contribution in [0.5, 0.6) is 0 Å². The second kappa shape index (κ2) is 6.35. The molecule has 0 heterocycles. The number of carbonyl (C=O) groups is 1. The van der Waals surface area contributed by atoms with Gasteiger partial charge < -0.3 is 10.4 Å². The minimum Gasteiger partial charge on any atom is -0.393 e. The number of aliphatic hydroxyl groups excluding tert-OH is 1. The molecular weight excluding hydrogens is 221 g/mol. The van der Waals surface area contributed by atoms with Gasteiger partial charge in [0.25, 0.3) is 5.91 Å². The monoisotopic (exact) mass is 239 g/mol. The van der Waals surface area contributed by atoms with Crippen LogP contribution in [0.25, 0.3) is 0 Å². The molecule has 1 rings (SSSR count). The molecule has 1 aromatic rings. The maximum Gasteiger partial charge on any atom is 0.254 e. The van der Waals surface area contributed by atoms with Crippen LogP contribution in [0.1, 0.15) is 35.7 Å². The Morgan fingerprint density at radius 2 is 2.24 bits per heavy atom. The van der Waals surface area contributed by atoms with E-state index in [1.54, 1.807) is 13.0 Å². The number of aliphatic hydroxyl groups is 1. The number of hydrogen-bond donors (Lipinski definition) is 2. The summed E-state index contributed by atoms with van der Waals surface area (Å²) in [4.78, 5) is 11.6. The molecule has 94 valence electrons. The highest BCUT2D eigenvalue weighted by Crippen LogP contribution is 2.09. The molecule has 0 aliphatic heterocycles. The molecule has 1 amide bonds. The molecule has 2 N–H and O–H groups in total. The fourth-order valence-electron chi connectivity index (χ4n) is 1.51. The average Bonchev–Trinajstić information content (AvgIpc) is 2.27. The van der Waals surface area contributed by atoms with Gasteiger partial charge in [0.05, 0.1) is 11.7 Å². The molecule has 1 unspecified atom stereocenters. The molecule has 0 bridgehead atoms. The minimum atomic E-state index is -0.511. The van der Waals surface area contributed by atoms with Gasteiger partial charge in [0.15, 0.2) is 0 Å². The molecule has 0 saturated carbocycles. The van der Waals surface area contributed by atoms with Crippen LogP contribution in [0.15, 0.2) is 18.2 Å². The topological polar surface area (TPSA) is 49.3 Å². The lowest BCUT2D eigenvalue weighted by Gasteiger charge is -2.07. The van der Waals surface area contributed by atoms with E-state index in [2.05, 4.69) is 5.32 Å². The molecule has 1 atom stereocenters. The van der Waals surface area contributed by atoms with Gasteiger partial charge >= 0.3 is 0 Å². The predicted octanol–water partition coefficient (Wildman–Crippen LogP) is 2.02. The van der Waals surface area contributed by atoms with Gasteiger partial charge in [-0.2, -0.15) is 0 Å². The van der Waals surface area contributed by atoms with Gasteiger partial charge in [-0.25, -0.2) is 4.39 Å². The van der Waals surface area contributed by atoms with Crippen molar-refractivity contribution in [1.82, 2.24) is 5.32 Å².